The second-order valence-electron chi connectivity index (χ2n) is 4.35. The molecule has 1 aromatic carbocycles. The van der Waals surface area contributed by atoms with Gasteiger partial charge in [-0.2, -0.15) is 0 Å². The number of rotatable bonds is 9. The minimum atomic E-state index is -3.43. The fourth-order valence-corrected chi connectivity index (χ4v) is 2.81. The third-order valence-electron chi connectivity index (χ3n) is 2.83. The lowest BCUT2D eigenvalue weighted by molar-refractivity contribution is 0.0866. The number of benzene rings is 1. The van der Waals surface area contributed by atoms with Gasteiger partial charge in [0.05, 0.1) is 29.4 Å². The Kier molecular flexibility index (Phi) is 7.35. The van der Waals surface area contributed by atoms with Crippen molar-refractivity contribution in [3.05, 3.63) is 29.8 Å². The molecule has 0 aliphatic heterocycles. The van der Waals surface area contributed by atoms with Crippen molar-refractivity contribution in [3.63, 3.8) is 0 Å². The molecule has 0 aliphatic carbocycles. The molecule has 0 saturated heterocycles. The number of carbonyl (C=O) groups excluding carboxylic acids is 1. The first-order chi connectivity index (χ1) is 10.0. The lowest BCUT2D eigenvalue weighted by atomic mass is 10.2. The molecule has 118 valence electrons. The van der Waals surface area contributed by atoms with Crippen LogP contribution in [0.3, 0.4) is 0 Å². The van der Waals surface area contributed by atoms with E-state index in [-0.39, 0.29) is 29.4 Å². The molecule has 0 heterocycles. The second kappa shape index (κ2) is 8.76. The summed E-state index contributed by atoms with van der Waals surface area (Å²) in [5.74, 6) is -0.462. The Morgan fingerprint density at radius 3 is 2.67 bits per heavy atom. The van der Waals surface area contributed by atoms with E-state index in [0.29, 0.717) is 19.6 Å². The lowest BCUT2D eigenvalue weighted by Gasteiger charge is -2.10. The van der Waals surface area contributed by atoms with E-state index in [2.05, 4.69) is 5.32 Å². The van der Waals surface area contributed by atoms with Crippen LogP contribution >= 0.6 is 0 Å². The fraction of sp³-hybridized carbons (Fsp3) is 0.500. The number of sulfone groups is 1. The van der Waals surface area contributed by atoms with Crippen molar-refractivity contribution in [3.8, 4) is 0 Å². The van der Waals surface area contributed by atoms with Crippen molar-refractivity contribution in [2.45, 2.75) is 18.2 Å². The summed E-state index contributed by atoms with van der Waals surface area (Å²) in [6, 6.07) is 6.17. The normalized spacial score (nSPS) is 11.3. The Morgan fingerprint density at radius 1 is 1.29 bits per heavy atom. The summed E-state index contributed by atoms with van der Waals surface area (Å²) in [6.07, 6.45) is 0.592. The van der Waals surface area contributed by atoms with Gasteiger partial charge in [0, 0.05) is 13.2 Å². The average Bonchev–Trinajstić information content (AvgIpc) is 2.50. The van der Waals surface area contributed by atoms with Gasteiger partial charge in [0.2, 0.25) is 0 Å². The Bertz CT molecular complexity index is 556. The van der Waals surface area contributed by atoms with Crippen molar-refractivity contribution in [2.24, 2.45) is 0 Å². The summed E-state index contributed by atoms with van der Waals surface area (Å²) in [4.78, 5) is 12.1. The predicted molar refractivity (Wildman–Crippen MR) is 79.0 cm³/mol. The first-order valence-corrected chi connectivity index (χ1v) is 8.46. The Balaban J connectivity index is 2.63. The zero-order chi connectivity index (χ0) is 15.7. The summed E-state index contributed by atoms with van der Waals surface area (Å²) in [5, 5.41) is 11.2. The van der Waals surface area contributed by atoms with Crippen molar-refractivity contribution >= 4 is 15.7 Å². The van der Waals surface area contributed by atoms with Crippen LogP contribution in [0.1, 0.15) is 23.7 Å². The summed E-state index contributed by atoms with van der Waals surface area (Å²) < 4.78 is 29.0. The zero-order valence-corrected chi connectivity index (χ0v) is 12.9. The molecule has 0 fully saturated rings. The van der Waals surface area contributed by atoms with E-state index >= 15 is 0 Å². The quantitative estimate of drug-likeness (QED) is 0.651. The van der Waals surface area contributed by atoms with E-state index in [1.807, 2.05) is 0 Å². The van der Waals surface area contributed by atoms with Crippen molar-refractivity contribution in [1.82, 2.24) is 5.32 Å². The van der Waals surface area contributed by atoms with Crippen LogP contribution in [0.25, 0.3) is 0 Å². The molecular formula is C14H21NO5S. The average molecular weight is 315 g/mol. The number of aliphatic hydroxyl groups excluding tert-OH is 1. The molecule has 0 unspecified atom stereocenters. The molecule has 0 atom stereocenters. The van der Waals surface area contributed by atoms with Gasteiger partial charge in [0.25, 0.3) is 5.91 Å². The molecule has 0 aromatic heterocycles. The molecule has 0 aliphatic rings. The van der Waals surface area contributed by atoms with Gasteiger partial charge >= 0.3 is 0 Å². The molecule has 2 N–H and O–H groups in total. The first kappa shape index (κ1) is 17.6. The summed E-state index contributed by atoms with van der Waals surface area (Å²) in [5.41, 5.74) is 0.163. The molecule has 21 heavy (non-hydrogen) atoms. The van der Waals surface area contributed by atoms with Gasteiger partial charge in [-0.1, -0.05) is 19.1 Å². The third-order valence-corrected chi connectivity index (χ3v) is 4.62. The highest BCUT2D eigenvalue weighted by Crippen LogP contribution is 2.16. The highest BCUT2D eigenvalue weighted by atomic mass is 32.2. The van der Waals surface area contributed by atoms with Crippen molar-refractivity contribution < 1.29 is 23.1 Å². The number of aliphatic hydroxyl groups is 1. The van der Waals surface area contributed by atoms with Crippen LogP contribution in [0.4, 0.5) is 0 Å². The lowest BCUT2D eigenvalue weighted by Crippen LogP contribution is -2.27. The van der Waals surface area contributed by atoms with Gasteiger partial charge in [-0.05, 0) is 18.6 Å². The van der Waals surface area contributed by atoms with Gasteiger partial charge in [-0.25, -0.2) is 8.42 Å². The van der Waals surface area contributed by atoms with Gasteiger partial charge in [0.1, 0.15) is 0 Å². The van der Waals surface area contributed by atoms with Gasteiger partial charge in [0.15, 0.2) is 9.84 Å². The minimum Gasteiger partial charge on any atom is -0.394 e. The number of hydrogen-bond donors (Lipinski definition) is 2. The molecule has 0 spiro atoms. The molecule has 1 rings (SSSR count). The smallest absolute Gasteiger partial charge is 0.252 e. The zero-order valence-electron chi connectivity index (χ0n) is 12.0. The van der Waals surface area contributed by atoms with E-state index < -0.39 is 15.7 Å². The van der Waals surface area contributed by atoms with Crippen LogP contribution in [0.2, 0.25) is 0 Å². The third kappa shape index (κ3) is 5.45. The maximum atomic E-state index is 12.1. The summed E-state index contributed by atoms with van der Waals surface area (Å²) >= 11 is 0. The van der Waals surface area contributed by atoms with Gasteiger partial charge in [-0.3, -0.25) is 4.79 Å². The monoisotopic (exact) mass is 315 g/mol. The Hall–Kier alpha value is -1.44. The van der Waals surface area contributed by atoms with E-state index in [1.165, 1.54) is 12.1 Å². The molecule has 6 nitrogen and oxygen atoms in total. The molecule has 7 heteroatoms. The topological polar surface area (TPSA) is 92.7 Å². The minimum absolute atomic E-state index is 0.0331. The van der Waals surface area contributed by atoms with Crippen LogP contribution < -0.4 is 5.32 Å². The maximum Gasteiger partial charge on any atom is 0.252 e. The van der Waals surface area contributed by atoms with Gasteiger partial charge in [-0.15, -0.1) is 0 Å². The van der Waals surface area contributed by atoms with Crippen LogP contribution in [0.15, 0.2) is 29.2 Å². The molecule has 0 bridgehead atoms. The number of carbonyl (C=O) groups is 1. The van der Waals surface area contributed by atoms with Crippen LogP contribution in [0, 0.1) is 0 Å². The predicted octanol–water partition coefficient (Wildman–Crippen LogP) is 0.609. The van der Waals surface area contributed by atoms with E-state index in [0.717, 1.165) is 0 Å². The molecular weight excluding hydrogens is 294 g/mol. The molecule has 1 amide bonds. The maximum absolute atomic E-state index is 12.1. The molecule has 1 aromatic rings. The largest absolute Gasteiger partial charge is 0.394 e. The first-order valence-electron chi connectivity index (χ1n) is 6.81. The van der Waals surface area contributed by atoms with Crippen molar-refractivity contribution in [2.75, 3.05) is 32.1 Å². The number of hydrogen-bond acceptors (Lipinski definition) is 5. The van der Waals surface area contributed by atoms with Crippen LogP contribution in [-0.4, -0.2) is 51.5 Å². The Morgan fingerprint density at radius 2 is 2.00 bits per heavy atom. The second-order valence-corrected chi connectivity index (χ2v) is 6.59. The molecule has 0 saturated carbocycles. The number of amides is 1. The van der Waals surface area contributed by atoms with E-state index in [9.17, 15) is 13.2 Å². The van der Waals surface area contributed by atoms with Gasteiger partial charge < -0.3 is 15.2 Å². The summed E-state index contributed by atoms with van der Waals surface area (Å²) in [7, 11) is -3.43. The van der Waals surface area contributed by atoms with Crippen LogP contribution in [-0.2, 0) is 14.6 Å². The Labute approximate surface area is 125 Å². The fourth-order valence-electron chi connectivity index (χ4n) is 1.72. The highest BCUT2D eigenvalue weighted by molar-refractivity contribution is 7.91. The van der Waals surface area contributed by atoms with E-state index in [4.69, 9.17) is 9.84 Å². The SMILES string of the molecule is CCS(=O)(=O)c1ccccc1C(=O)NCCCOCCO. The standard InChI is InChI=1S/C14H21NO5S/c1-2-21(18,19)13-7-4-3-6-12(13)14(17)15-8-5-10-20-11-9-16/h3-4,6-7,16H,2,5,8-11H2,1H3,(H,15,17). The van der Waals surface area contributed by atoms with Crippen molar-refractivity contribution in [1.29, 1.82) is 0 Å². The number of nitrogens with one attached hydrogen (secondary N) is 1. The summed E-state index contributed by atoms with van der Waals surface area (Å²) in [6.45, 7) is 2.59. The molecule has 0 radical (unpaired) electrons. The highest BCUT2D eigenvalue weighted by Gasteiger charge is 2.19. The van der Waals surface area contributed by atoms with Crippen LogP contribution in [0.5, 0.6) is 0 Å². The number of ether oxygens (including phenoxy) is 1. The van der Waals surface area contributed by atoms with E-state index in [1.54, 1.807) is 19.1 Å².